The molecule has 1 heterocycles. The van der Waals surface area contributed by atoms with Crippen molar-refractivity contribution >= 4 is 0 Å². The summed E-state index contributed by atoms with van der Waals surface area (Å²) in [7, 11) is 0. The van der Waals surface area contributed by atoms with E-state index in [0.29, 0.717) is 0 Å². The largest absolute Gasteiger partial charge is 0.239 e. The Morgan fingerprint density at radius 1 is 0.933 bits per heavy atom. The molecule has 2 aromatic rings. The second-order valence-corrected chi connectivity index (χ2v) is 3.81. The van der Waals surface area contributed by atoms with Gasteiger partial charge >= 0.3 is 0 Å². The minimum atomic E-state index is 0.825. The van der Waals surface area contributed by atoms with E-state index in [0.717, 1.165) is 22.8 Å². The third-order valence-corrected chi connectivity index (χ3v) is 2.28. The van der Waals surface area contributed by atoms with E-state index >= 15 is 0 Å². The molecule has 0 N–H and O–H groups in total. The molecule has 0 aliphatic heterocycles. The average Bonchev–Trinajstić information content (AvgIpc) is 2.16. The first-order valence-electron chi connectivity index (χ1n) is 5.04. The highest BCUT2D eigenvalue weighted by molar-refractivity contribution is 5.60. The van der Waals surface area contributed by atoms with Crippen LogP contribution in [0.1, 0.15) is 17.1 Å². The van der Waals surface area contributed by atoms with Crippen molar-refractivity contribution in [3.05, 3.63) is 47.4 Å². The molecule has 0 fully saturated rings. The first-order chi connectivity index (χ1) is 7.15. The van der Waals surface area contributed by atoms with Crippen molar-refractivity contribution in [1.29, 1.82) is 0 Å². The highest BCUT2D eigenvalue weighted by Crippen LogP contribution is 2.18. The molecule has 2 nitrogen and oxygen atoms in total. The second kappa shape index (κ2) is 3.81. The third-order valence-electron chi connectivity index (χ3n) is 2.28. The lowest BCUT2D eigenvalue weighted by atomic mass is 10.1. The number of hydrogen-bond acceptors (Lipinski definition) is 2. The van der Waals surface area contributed by atoms with E-state index in [2.05, 4.69) is 41.2 Å². The zero-order chi connectivity index (χ0) is 10.8. The van der Waals surface area contributed by atoms with Gasteiger partial charge in [-0.25, -0.2) is 9.97 Å². The molecule has 0 unspecified atom stereocenters. The van der Waals surface area contributed by atoms with E-state index in [-0.39, 0.29) is 0 Å². The van der Waals surface area contributed by atoms with E-state index in [9.17, 15) is 0 Å². The first kappa shape index (κ1) is 9.84. The van der Waals surface area contributed by atoms with Crippen LogP contribution in [0.3, 0.4) is 0 Å². The van der Waals surface area contributed by atoms with Crippen molar-refractivity contribution in [3.63, 3.8) is 0 Å². The fraction of sp³-hybridized carbons (Fsp3) is 0.231. The van der Waals surface area contributed by atoms with Crippen molar-refractivity contribution in [1.82, 2.24) is 9.97 Å². The number of aryl methyl sites for hydroxylation is 3. The van der Waals surface area contributed by atoms with E-state index in [1.54, 1.807) is 0 Å². The number of nitrogens with zero attached hydrogens (tertiary/aromatic N) is 2. The molecule has 1 aromatic heterocycles. The lowest BCUT2D eigenvalue weighted by Crippen LogP contribution is -1.93. The quantitative estimate of drug-likeness (QED) is 0.703. The Hall–Kier alpha value is -1.70. The molecule has 0 aliphatic rings. The Kier molecular flexibility index (Phi) is 2.50. The van der Waals surface area contributed by atoms with Crippen LogP contribution < -0.4 is 0 Å². The maximum Gasteiger partial charge on any atom is 0.126 e. The zero-order valence-corrected chi connectivity index (χ0v) is 9.28. The van der Waals surface area contributed by atoms with Gasteiger partial charge in [-0.05, 0) is 32.9 Å². The minimum Gasteiger partial charge on any atom is -0.239 e. The molecular weight excluding hydrogens is 184 g/mol. The summed E-state index contributed by atoms with van der Waals surface area (Å²) in [5.41, 5.74) is 4.42. The van der Waals surface area contributed by atoms with Gasteiger partial charge in [0.25, 0.3) is 0 Å². The summed E-state index contributed by atoms with van der Waals surface area (Å²) < 4.78 is 0. The standard InChI is InChI=1S/C13H14N2/c1-9-5-4-6-12(7-9)13-8-10(2)14-11(3)15-13/h4-8H,1-3H3. The van der Waals surface area contributed by atoms with E-state index in [1.807, 2.05) is 19.9 Å². The first-order valence-corrected chi connectivity index (χ1v) is 5.04. The number of rotatable bonds is 1. The van der Waals surface area contributed by atoms with Gasteiger partial charge in [-0.2, -0.15) is 0 Å². The summed E-state index contributed by atoms with van der Waals surface area (Å²) >= 11 is 0. The Balaban J connectivity index is 2.54. The molecule has 0 spiro atoms. The lowest BCUT2D eigenvalue weighted by Gasteiger charge is -2.04. The van der Waals surface area contributed by atoms with Gasteiger partial charge in [-0.3, -0.25) is 0 Å². The van der Waals surface area contributed by atoms with Crippen molar-refractivity contribution in [2.24, 2.45) is 0 Å². The van der Waals surface area contributed by atoms with Crippen LogP contribution in [0.4, 0.5) is 0 Å². The summed E-state index contributed by atoms with van der Waals surface area (Å²) in [6.07, 6.45) is 0. The van der Waals surface area contributed by atoms with Gasteiger partial charge in [0.05, 0.1) is 5.69 Å². The van der Waals surface area contributed by atoms with Crippen molar-refractivity contribution < 1.29 is 0 Å². The molecule has 2 rings (SSSR count). The van der Waals surface area contributed by atoms with Gasteiger partial charge in [0.1, 0.15) is 5.82 Å². The molecular formula is C13H14N2. The van der Waals surface area contributed by atoms with Gasteiger partial charge in [-0.15, -0.1) is 0 Å². The molecule has 1 aromatic carbocycles. The van der Waals surface area contributed by atoms with Gasteiger partial charge in [-0.1, -0.05) is 23.8 Å². The highest BCUT2D eigenvalue weighted by Gasteiger charge is 2.01. The molecule has 0 atom stereocenters. The third kappa shape index (κ3) is 2.21. The van der Waals surface area contributed by atoms with Crippen LogP contribution in [-0.2, 0) is 0 Å². The van der Waals surface area contributed by atoms with Gasteiger partial charge < -0.3 is 0 Å². The molecule has 2 heteroatoms. The summed E-state index contributed by atoms with van der Waals surface area (Å²) in [6, 6.07) is 10.4. The van der Waals surface area contributed by atoms with E-state index in [1.165, 1.54) is 5.56 Å². The molecule has 15 heavy (non-hydrogen) atoms. The molecule has 0 amide bonds. The zero-order valence-electron chi connectivity index (χ0n) is 9.28. The summed E-state index contributed by atoms with van der Waals surface area (Å²) in [6.45, 7) is 6.00. The monoisotopic (exact) mass is 198 g/mol. The summed E-state index contributed by atoms with van der Waals surface area (Å²) in [5.74, 6) is 0.825. The molecule has 0 saturated heterocycles. The molecule has 0 bridgehead atoms. The van der Waals surface area contributed by atoms with Crippen LogP contribution in [0.15, 0.2) is 30.3 Å². The van der Waals surface area contributed by atoms with Crippen molar-refractivity contribution in [3.8, 4) is 11.3 Å². The maximum atomic E-state index is 4.43. The maximum absolute atomic E-state index is 4.43. The molecule has 0 saturated carbocycles. The van der Waals surface area contributed by atoms with Crippen LogP contribution in [-0.4, -0.2) is 9.97 Å². The Morgan fingerprint density at radius 2 is 1.73 bits per heavy atom. The van der Waals surface area contributed by atoms with Gasteiger partial charge in [0.15, 0.2) is 0 Å². The summed E-state index contributed by atoms with van der Waals surface area (Å²) in [4.78, 5) is 8.71. The van der Waals surface area contributed by atoms with Crippen LogP contribution >= 0.6 is 0 Å². The number of aromatic nitrogens is 2. The average molecular weight is 198 g/mol. The van der Waals surface area contributed by atoms with Gasteiger partial charge in [0, 0.05) is 11.3 Å². The Morgan fingerprint density at radius 3 is 2.40 bits per heavy atom. The van der Waals surface area contributed by atoms with E-state index < -0.39 is 0 Å². The topological polar surface area (TPSA) is 25.8 Å². The molecule has 0 radical (unpaired) electrons. The molecule has 0 aliphatic carbocycles. The molecule has 76 valence electrons. The van der Waals surface area contributed by atoms with Crippen LogP contribution in [0.2, 0.25) is 0 Å². The fourth-order valence-electron chi connectivity index (χ4n) is 1.67. The number of benzene rings is 1. The van der Waals surface area contributed by atoms with Crippen LogP contribution in [0, 0.1) is 20.8 Å². The van der Waals surface area contributed by atoms with Crippen LogP contribution in [0.25, 0.3) is 11.3 Å². The predicted molar refractivity (Wildman–Crippen MR) is 61.7 cm³/mol. The second-order valence-electron chi connectivity index (χ2n) is 3.81. The number of hydrogen-bond donors (Lipinski definition) is 0. The lowest BCUT2D eigenvalue weighted by molar-refractivity contribution is 1.02. The summed E-state index contributed by atoms with van der Waals surface area (Å²) in [5, 5.41) is 0. The van der Waals surface area contributed by atoms with Gasteiger partial charge in [0.2, 0.25) is 0 Å². The Bertz CT molecular complexity index is 469. The fourth-order valence-corrected chi connectivity index (χ4v) is 1.67. The minimum absolute atomic E-state index is 0.825. The van der Waals surface area contributed by atoms with Crippen molar-refractivity contribution in [2.45, 2.75) is 20.8 Å². The smallest absolute Gasteiger partial charge is 0.126 e. The van der Waals surface area contributed by atoms with Crippen molar-refractivity contribution in [2.75, 3.05) is 0 Å². The Labute approximate surface area is 90.0 Å². The highest BCUT2D eigenvalue weighted by atomic mass is 14.9. The SMILES string of the molecule is Cc1cccc(-c2cc(C)nc(C)n2)c1. The van der Waals surface area contributed by atoms with E-state index in [4.69, 9.17) is 0 Å². The predicted octanol–water partition coefficient (Wildman–Crippen LogP) is 3.07. The van der Waals surface area contributed by atoms with Crippen LogP contribution in [0.5, 0.6) is 0 Å². The normalized spacial score (nSPS) is 10.3.